The fraction of sp³-hybridized carbons (Fsp3) is 0.333. The molecular formula is C12H16O2. The van der Waals surface area contributed by atoms with Gasteiger partial charge in [0.15, 0.2) is 0 Å². The average molecular weight is 192 g/mol. The van der Waals surface area contributed by atoms with Crippen LogP contribution in [0, 0.1) is 6.92 Å². The fourth-order valence-electron chi connectivity index (χ4n) is 1.40. The summed E-state index contributed by atoms with van der Waals surface area (Å²) in [6.45, 7) is 3.97. The maximum atomic E-state index is 5.26. The summed E-state index contributed by atoms with van der Waals surface area (Å²) in [5.41, 5.74) is 2.12. The van der Waals surface area contributed by atoms with Crippen molar-refractivity contribution in [2.75, 3.05) is 14.2 Å². The first kappa shape index (κ1) is 10.6. The lowest BCUT2D eigenvalue weighted by Crippen LogP contribution is -1.93. The second-order valence-corrected chi connectivity index (χ2v) is 3.05. The van der Waals surface area contributed by atoms with Crippen molar-refractivity contribution in [1.82, 2.24) is 0 Å². The highest BCUT2D eigenvalue weighted by molar-refractivity contribution is 5.58. The van der Waals surface area contributed by atoms with Gasteiger partial charge in [-0.1, -0.05) is 12.2 Å². The van der Waals surface area contributed by atoms with Crippen LogP contribution in [0.15, 0.2) is 18.2 Å². The zero-order valence-corrected chi connectivity index (χ0v) is 9.13. The molecule has 0 aliphatic heterocycles. The van der Waals surface area contributed by atoms with E-state index < -0.39 is 0 Å². The molecule has 76 valence electrons. The molecule has 1 rings (SSSR count). The second-order valence-electron chi connectivity index (χ2n) is 3.05. The van der Waals surface area contributed by atoms with Gasteiger partial charge < -0.3 is 9.47 Å². The third-order valence-electron chi connectivity index (χ3n) is 2.13. The molecule has 0 N–H and O–H groups in total. The van der Waals surface area contributed by atoms with Gasteiger partial charge in [-0.05, 0) is 31.5 Å². The van der Waals surface area contributed by atoms with Gasteiger partial charge in [0.05, 0.1) is 14.2 Å². The topological polar surface area (TPSA) is 18.5 Å². The van der Waals surface area contributed by atoms with Crippen LogP contribution in [-0.2, 0) is 0 Å². The highest BCUT2D eigenvalue weighted by Crippen LogP contribution is 2.29. The molecule has 1 aromatic carbocycles. The summed E-state index contributed by atoms with van der Waals surface area (Å²) in [7, 11) is 3.34. The van der Waals surface area contributed by atoms with Crippen LogP contribution in [0.4, 0.5) is 0 Å². The van der Waals surface area contributed by atoms with Crippen LogP contribution in [-0.4, -0.2) is 14.2 Å². The van der Waals surface area contributed by atoms with E-state index in [2.05, 4.69) is 0 Å². The molecule has 2 heteroatoms. The first-order valence-electron chi connectivity index (χ1n) is 4.58. The molecule has 0 aromatic heterocycles. The van der Waals surface area contributed by atoms with Gasteiger partial charge in [-0.3, -0.25) is 0 Å². The van der Waals surface area contributed by atoms with Crippen LogP contribution in [0.1, 0.15) is 18.1 Å². The third kappa shape index (κ3) is 2.08. The van der Waals surface area contributed by atoms with Crippen molar-refractivity contribution in [1.29, 1.82) is 0 Å². The van der Waals surface area contributed by atoms with E-state index in [0.717, 1.165) is 22.6 Å². The normalized spacial score (nSPS) is 10.6. The summed E-state index contributed by atoms with van der Waals surface area (Å²) in [4.78, 5) is 0. The maximum Gasteiger partial charge on any atom is 0.126 e. The van der Waals surface area contributed by atoms with Gasteiger partial charge in [-0.25, -0.2) is 0 Å². The monoisotopic (exact) mass is 192 g/mol. The number of hydrogen-bond donors (Lipinski definition) is 0. The van der Waals surface area contributed by atoms with E-state index in [9.17, 15) is 0 Å². The fourth-order valence-corrected chi connectivity index (χ4v) is 1.40. The minimum atomic E-state index is 0.859. The Morgan fingerprint density at radius 2 is 1.57 bits per heavy atom. The first-order chi connectivity index (χ1) is 6.72. The molecule has 0 spiro atoms. The van der Waals surface area contributed by atoms with Crippen LogP contribution in [0.5, 0.6) is 11.5 Å². The minimum absolute atomic E-state index is 0.859. The third-order valence-corrected chi connectivity index (χ3v) is 2.13. The van der Waals surface area contributed by atoms with E-state index in [1.165, 1.54) is 0 Å². The van der Waals surface area contributed by atoms with Crippen molar-refractivity contribution in [3.05, 3.63) is 29.3 Å². The lowest BCUT2D eigenvalue weighted by molar-refractivity contribution is 0.388. The summed E-state index contributed by atoms with van der Waals surface area (Å²) in [5, 5.41) is 0. The van der Waals surface area contributed by atoms with E-state index in [1.54, 1.807) is 14.2 Å². The second kappa shape index (κ2) is 4.70. The quantitative estimate of drug-likeness (QED) is 0.732. The number of methoxy groups -OCH3 is 2. The van der Waals surface area contributed by atoms with Crippen molar-refractivity contribution in [2.24, 2.45) is 0 Å². The Hall–Kier alpha value is -1.44. The van der Waals surface area contributed by atoms with E-state index >= 15 is 0 Å². The summed E-state index contributed by atoms with van der Waals surface area (Å²) in [5.74, 6) is 1.72. The molecule has 1 aromatic rings. The van der Waals surface area contributed by atoms with Crippen LogP contribution >= 0.6 is 0 Å². The van der Waals surface area contributed by atoms with Gasteiger partial charge in [-0.2, -0.15) is 0 Å². The van der Waals surface area contributed by atoms with E-state index in [0.29, 0.717) is 0 Å². The Labute approximate surface area is 85.2 Å². The van der Waals surface area contributed by atoms with E-state index in [-0.39, 0.29) is 0 Å². The summed E-state index contributed by atoms with van der Waals surface area (Å²) in [6, 6.07) is 4.00. The zero-order valence-electron chi connectivity index (χ0n) is 9.13. The lowest BCUT2D eigenvalue weighted by atomic mass is 10.1. The molecule has 2 nitrogen and oxygen atoms in total. The Kier molecular flexibility index (Phi) is 3.57. The molecule has 0 radical (unpaired) electrons. The standard InChI is InChI=1S/C12H16O2/c1-5-6-10-7-11(13-3)9(2)12(8-10)14-4/h5-8H,1-4H3/b6-5+. The van der Waals surface area contributed by atoms with Crippen LogP contribution in [0.2, 0.25) is 0 Å². The number of benzene rings is 1. The van der Waals surface area contributed by atoms with Gasteiger partial charge in [0.2, 0.25) is 0 Å². The van der Waals surface area contributed by atoms with Gasteiger partial charge in [0.1, 0.15) is 11.5 Å². The molecule has 0 saturated heterocycles. The molecule has 0 fully saturated rings. The van der Waals surface area contributed by atoms with Gasteiger partial charge in [-0.15, -0.1) is 0 Å². The van der Waals surface area contributed by atoms with Crippen molar-refractivity contribution < 1.29 is 9.47 Å². The highest BCUT2D eigenvalue weighted by atomic mass is 16.5. The minimum Gasteiger partial charge on any atom is -0.496 e. The summed E-state index contributed by atoms with van der Waals surface area (Å²) < 4.78 is 10.5. The van der Waals surface area contributed by atoms with Gasteiger partial charge >= 0.3 is 0 Å². The molecule has 0 atom stereocenters. The Balaban J connectivity index is 3.24. The van der Waals surface area contributed by atoms with Gasteiger partial charge in [0, 0.05) is 5.56 Å². The Morgan fingerprint density at radius 1 is 1.07 bits per heavy atom. The molecule has 0 aliphatic rings. The first-order valence-corrected chi connectivity index (χ1v) is 4.58. The van der Waals surface area contributed by atoms with Crippen LogP contribution < -0.4 is 9.47 Å². The molecule has 0 aliphatic carbocycles. The molecule has 14 heavy (non-hydrogen) atoms. The molecule has 0 amide bonds. The van der Waals surface area contributed by atoms with Crippen molar-refractivity contribution in [3.8, 4) is 11.5 Å². The van der Waals surface area contributed by atoms with Crippen molar-refractivity contribution in [3.63, 3.8) is 0 Å². The highest BCUT2D eigenvalue weighted by Gasteiger charge is 2.06. The van der Waals surface area contributed by atoms with E-state index in [1.807, 2.05) is 38.1 Å². The Bertz CT molecular complexity index is 315. The smallest absolute Gasteiger partial charge is 0.126 e. The number of rotatable bonds is 3. The molecule has 0 heterocycles. The largest absolute Gasteiger partial charge is 0.496 e. The zero-order chi connectivity index (χ0) is 10.6. The van der Waals surface area contributed by atoms with Gasteiger partial charge in [0.25, 0.3) is 0 Å². The van der Waals surface area contributed by atoms with E-state index in [4.69, 9.17) is 9.47 Å². The Morgan fingerprint density at radius 3 is 1.93 bits per heavy atom. The lowest BCUT2D eigenvalue weighted by Gasteiger charge is -2.10. The molecule has 0 saturated carbocycles. The number of hydrogen-bond acceptors (Lipinski definition) is 2. The average Bonchev–Trinajstić information content (AvgIpc) is 2.20. The summed E-state index contributed by atoms with van der Waals surface area (Å²) >= 11 is 0. The predicted octanol–water partition coefficient (Wildman–Crippen LogP) is 3.05. The maximum absolute atomic E-state index is 5.26. The molecule has 0 bridgehead atoms. The van der Waals surface area contributed by atoms with Crippen LogP contribution in [0.3, 0.4) is 0 Å². The molecule has 0 unspecified atom stereocenters. The summed E-state index contributed by atoms with van der Waals surface area (Å²) in [6.07, 6.45) is 4.01. The van der Waals surface area contributed by atoms with Crippen molar-refractivity contribution in [2.45, 2.75) is 13.8 Å². The predicted molar refractivity (Wildman–Crippen MR) is 59.0 cm³/mol. The molecular weight excluding hydrogens is 176 g/mol. The SMILES string of the molecule is C/C=C/c1cc(OC)c(C)c(OC)c1. The van der Waals surface area contributed by atoms with Crippen LogP contribution in [0.25, 0.3) is 6.08 Å². The number of allylic oxidation sites excluding steroid dienone is 1. The van der Waals surface area contributed by atoms with Crippen molar-refractivity contribution >= 4 is 6.08 Å². The number of ether oxygens (including phenoxy) is 2.